The van der Waals surface area contributed by atoms with Gasteiger partial charge < -0.3 is 45.1 Å². The summed E-state index contributed by atoms with van der Waals surface area (Å²) in [6, 6.07) is -0.743. The molecule has 0 fully saturated rings. The maximum Gasteiger partial charge on any atom is 0.326 e. The Morgan fingerprint density at radius 2 is 0.927 bits per heavy atom. The average Bonchev–Trinajstić information content (AvgIpc) is 3.13. The van der Waals surface area contributed by atoms with Crippen LogP contribution in [0.1, 0.15) is 149 Å². The highest BCUT2D eigenvalue weighted by molar-refractivity contribution is 5.83. The molecule has 15 nitrogen and oxygen atoms in total. The van der Waals surface area contributed by atoms with E-state index in [-0.39, 0.29) is 36.7 Å². The predicted molar refractivity (Wildman–Crippen MR) is 211 cm³/mol. The quantitative estimate of drug-likeness (QED) is 0.0498. The largest absolute Gasteiger partial charge is 0.481 e. The Balaban J connectivity index is 0. The van der Waals surface area contributed by atoms with Crippen LogP contribution in [0.25, 0.3) is 0 Å². The first-order chi connectivity index (χ1) is 26.5. The number of carboxylic acid groups (broad SMARTS) is 2. The van der Waals surface area contributed by atoms with Crippen LogP contribution in [-0.4, -0.2) is 118 Å². The second-order valence-corrected chi connectivity index (χ2v) is 13.7. The molecule has 0 aliphatic heterocycles. The highest BCUT2D eigenvalue weighted by atomic mass is 16.5. The summed E-state index contributed by atoms with van der Waals surface area (Å²) in [7, 11) is 0. The minimum Gasteiger partial charge on any atom is -0.481 e. The number of aliphatic carboxylic acids is 2. The van der Waals surface area contributed by atoms with Gasteiger partial charge in [-0.25, -0.2) is 4.79 Å². The normalized spacial score (nSPS) is 11.3. The summed E-state index contributed by atoms with van der Waals surface area (Å²) >= 11 is 0. The Morgan fingerprint density at radius 1 is 0.509 bits per heavy atom. The van der Waals surface area contributed by atoms with Crippen LogP contribution in [0.3, 0.4) is 0 Å². The first-order valence-electron chi connectivity index (χ1n) is 20.5. The van der Waals surface area contributed by atoms with Crippen molar-refractivity contribution >= 4 is 35.4 Å². The molecule has 5 N–H and O–H groups in total. The summed E-state index contributed by atoms with van der Waals surface area (Å²) in [5.74, 6) is -2.12. The molecule has 0 aromatic rings. The number of rotatable bonds is 39. The number of ether oxygens (including phenoxy) is 4. The van der Waals surface area contributed by atoms with Gasteiger partial charge in [0.05, 0.1) is 39.6 Å². The number of unbranched alkanes of at least 4 members (excludes halogenated alkanes) is 15. The SMILES string of the molecule is CC(=O)COCCOCCNC(=O)COCCOCCNC(C)=O.CCC[C@H](NC(=O)CCCCCCCCCCCCCCCCCCC(=O)O)C(=O)O. The molecule has 3 amide bonds. The number of hydrogen-bond donors (Lipinski definition) is 5. The van der Waals surface area contributed by atoms with Gasteiger partial charge in [-0.3, -0.25) is 24.0 Å². The van der Waals surface area contributed by atoms with Crippen LogP contribution in [0.2, 0.25) is 0 Å². The van der Waals surface area contributed by atoms with Crippen LogP contribution in [-0.2, 0) is 47.7 Å². The first kappa shape index (κ1) is 54.0. The summed E-state index contributed by atoms with van der Waals surface area (Å²) in [5.41, 5.74) is 0. The molecular formula is C40H75N3O12. The summed E-state index contributed by atoms with van der Waals surface area (Å²) in [4.78, 5) is 65.9. The van der Waals surface area contributed by atoms with Gasteiger partial charge in [0.1, 0.15) is 19.3 Å². The van der Waals surface area contributed by atoms with Crippen molar-refractivity contribution in [1.29, 1.82) is 0 Å². The zero-order valence-corrected chi connectivity index (χ0v) is 34.3. The molecular weight excluding hydrogens is 714 g/mol. The lowest BCUT2D eigenvalue weighted by Gasteiger charge is -2.13. The molecule has 0 bridgehead atoms. The topological polar surface area (TPSA) is 216 Å². The van der Waals surface area contributed by atoms with Crippen molar-refractivity contribution in [2.45, 2.75) is 155 Å². The highest BCUT2D eigenvalue weighted by Gasteiger charge is 2.18. The molecule has 0 aromatic heterocycles. The smallest absolute Gasteiger partial charge is 0.326 e. The van der Waals surface area contributed by atoms with E-state index in [1.807, 2.05) is 6.92 Å². The molecule has 0 heterocycles. The van der Waals surface area contributed by atoms with Crippen molar-refractivity contribution in [2.24, 2.45) is 0 Å². The van der Waals surface area contributed by atoms with Gasteiger partial charge in [0.15, 0.2) is 5.78 Å². The van der Waals surface area contributed by atoms with Gasteiger partial charge in [-0.15, -0.1) is 0 Å². The van der Waals surface area contributed by atoms with Crippen LogP contribution in [0.15, 0.2) is 0 Å². The van der Waals surface area contributed by atoms with Gasteiger partial charge >= 0.3 is 11.9 Å². The molecule has 0 aromatic carbocycles. The lowest BCUT2D eigenvalue weighted by Crippen LogP contribution is -2.40. The summed E-state index contributed by atoms with van der Waals surface area (Å²) < 4.78 is 20.6. The molecule has 0 aliphatic rings. The lowest BCUT2D eigenvalue weighted by atomic mass is 10.0. The molecule has 0 saturated heterocycles. The van der Waals surface area contributed by atoms with E-state index in [1.165, 1.54) is 84.5 Å². The molecule has 0 rings (SSSR count). The monoisotopic (exact) mass is 790 g/mol. The second-order valence-electron chi connectivity index (χ2n) is 13.7. The van der Waals surface area contributed by atoms with Crippen LogP contribution < -0.4 is 16.0 Å². The zero-order chi connectivity index (χ0) is 41.2. The Morgan fingerprint density at radius 3 is 1.35 bits per heavy atom. The van der Waals surface area contributed by atoms with E-state index in [2.05, 4.69) is 16.0 Å². The molecule has 1 atom stereocenters. The van der Waals surface area contributed by atoms with Gasteiger partial charge in [0.2, 0.25) is 17.7 Å². The number of carboxylic acids is 2. The minimum absolute atomic E-state index is 0.0274. The van der Waals surface area contributed by atoms with Crippen LogP contribution >= 0.6 is 0 Å². The number of nitrogens with one attached hydrogen (secondary N) is 3. The molecule has 0 spiro atoms. The van der Waals surface area contributed by atoms with Crippen molar-refractivity contribution in [1.82, 2.24) is 16.0 Å². The molecule has 0 radical (unpaired) electrons. The molecule has 0 unspecified atom stereocenters. The molecule has 322 valence electrons. The Bertz CT molecular complexity index is 951. The first-order valence-corrected chi connectivity index (χ1v) is 20.5. The van der Waals surface area contributed by atoms with Gasteiger partial charge in [-0.1, -0.05) is 103 Å². The van der Waals surface area contributed by atoms with Gasteiger partial charge in [-0.2, -0.15) is 0 Å². The molecule has 55 heavy (non-hydrogen) atoms. The van der Waals surface area contributed by atoms with Gasteiger partial charge in [-0.05, 0) is 26.2 Å². The van der Waals surface area contributed by atoms with Crippen LogP contribution in [0.5, 0.6) is 0 Å². The molecule has 0 saturated carbocycles. The third-order valence-electron chi connectivity index (χ3n) is 8.23. The standard InChI is InChI=1S/C25H47NO5.C15H28N2O7/c1-2-19-22(25(30)31)26-23(27)20-17-15-13-11-9-7-5-3-4-6-8-10-12-14-16-18-21-24(28)29;1-13(18)11-23-9-7-22-6-4-17-15(20)12-24-10-8-21-5-3-16-14(2)19/h22H,2-21H2,1H3,(H,26,27)(H,28,29)(H,30,31);3-12H2,1-2H3,(H,16,19)(H,17,20)/t22-;/m0./s1. The lowest BCUT2D eigenvalue weighted by molar-refractivity contribution is -0.142. The van der Waals surface area contributed by atoms with Crippen molar-refractivity contribution in [3.05, 3.63) is 0 Å². The fourth-order valence-corrected chi connectivity index (χ4v) is 5.28. The summed E-state index contributed by atoms with van der Waals surface area (Å²) in [6.45, 7) is 7.83. The Labute approximate surface area is 330 Å². The van der Waals surface area contributed by atoms with E-state index in [0.29, 0.717) is 72.0 Å². The van der Waals surface area contributed by atoms with Crippen molar-refractivity contribution in [3.8, 4) is 0 Å². The number of hydrogen-bond acceptors (Lipinski definition) is 10. The van der Waals surface area contributed by atoms with E-state index in [1.54, 1.807) is 0 Å². The maximum atomic E-state index is 11.8. The Hall–Kier alpha value is -3.14. The zero-order valence-electron chi connectivity index (χ0n) is 34.3. The third-order valence-corrected chi connectivity index (χ3v) is 8.23. The number of ketones is 1. The fourth-order valence-electron chi connectivity index (χ4n) is 5.28. The number of amides is 3. The third kappa shape index (κ3) is 46.9. The van der Waals surface area contributed by atoms with E-state index in [0.717, 1.165) is 38.5 Å². The van der Waals surface area contributed by atoms with Crippen LogP contribution in [0.4, 0.5) is 0 Å². The second kappa shape index (κ2) is 42.0. The predicted octanol–water partition coefficient (Wildman–Crippen LogP) is 5.36. The van der Waals surface area contributed by atoms with E-state index < -0.39 is 18.0 Å². The van der Waals surface area contributed by atoms with Gasteiger partial charge in [0.25, 0.3) is 0 Å². The van der Waals surface area contributed by atoms with E-state index >= 15 is 0 Å². The highest BCUT2D eigenvalue weighted by Crippen LogP contribution is 2.14. The van der Waals surface area contributed by atoms with Gasteiger partial charge in [0, 0.05) is 32.9 Å². The number of Topliss-reactive ketones (excluding diaryl/α,β-unsaturated/α-hetero) is 1. The maximum absolute atomic E-state index is 11.8. The summed E-state index contributed by atoms with van der Waals surface area (Å²) in [6.07, 6.45) is 20.9. The van der Waals surface area contributed by atoms with Crippen molar-refractivity contribution < 1.29 is 57.9 Å². The Kier molecular flexibility index (Phi) is 41.2. The summed E-state index contributed by atoms with van der Waals surface area (Å²) in [5, 5.41) is 25.5. The van der Waals surface area contributed by atoms with E-state index in [9.17, 15) is 28.8 Å². The fraction of sp³-hybridized carbons (Fsp3) is 0.850. The van der Waals surface area contributed by atoms with Crippen molar-refractivity contribution in [2.75, 3.05) is 65.9 Å². The van der Waals surface area contributed by atoms with Crippen LogP contribution in [0, 0.1) is 0 Å². The molecule has 15 heteroatoms. The minimum atomic E-state index is -0.944. The molecule has 0 aliphatic carbocycles. The van der Waals surface area contributed by atoms with Crippen molar-refractivity contribution in [3.63, 3.8) is 0 Å². The van der Waals surface area contributed by atoms with E-state index in [4.69, 9.17) is 29.2 Å². The number of carbonyl (C=O) groups excluding carboxylic acids is 4. The number of carbonyl (C=O) groups is 6. The average molecular weight is 790 g/mol.